The van der Waals surface area contributed by atoms with Gasteiger partial charge in [-0.2, -0.15) is 10.4 Å². The molecular weight excluding hydrogens is 537 g/mol. The first kappa shape index (κ1) is 27.9. The Morgan fingerprint density at radius 2 is 1.95 bits per heavy atom. The minimum Gasteiger partial charge on any atom is -0.387 e. The summed E-state index contributed by atoms with van der Waals surface area (Å²) in [6.07, 6.45) is 3.94. The fourth-order valence-electron chi connectivity index (χ4n) is 5.54. The zero-order chi connectivity index (χ0) is 28.8. The number of nitriles is 1. The largest absolute Gasteiger partial charge is 0.387 e. The Morgan fingerprint density at radius 3 is 2.58 bits per heavy atom. The molecule has 0 radical (unpaired) electrons. The number of fused-ring (bicyclic) bond motifs is 2. The predicted molar refractivity (Wildman–Crippen MR) is 147 cm³/mol. The number of pyridine rings is 1. The fourth-order valence-corrected chi connectivity index (χ4v) is 6.47. The Kier molecular flexibility index (Phi) is 7.28. The van der Waals surface area contributed by atoms with E-state index in [1.54, 1.807) is 16.6 Å². The normalized spacial score (nSPS) is 22.1. The second kappa shape index (κ2) is 10.4. The molecule has 0 spiro atoms. The van der Waals surface area contributed by atoms with Gasteiger partial charge in [0.25, 0.3) is 5.91 Å². The summed E-state index contributed by atoms with van der Waals surface area (Å²) in [6.45, 7) is 3.28. The Labute approximate surface area is 232 Å². The Morgan fingerprint density at radius 1 is 1.25 bits per heavy atom. The van der Waals surface area contributed by atoms with E-state index in [1.165, 1.54) is 36.8 Å². The Balaban J connectivity index is 1.42. The van der Waals surface area contributed by atoms with Crippen LogP contribution in [0.25, 0.3) is 16.9 Å². The van der Waals surface area contributed by atoms with Gasteiger partial charge in [0.15, 0.2) is 0 Å². The maximum atomic E-state index is 14.3. The van der Waals surface area contributed by atoms with Crippen LogP contribution < -0.4 is 10.6 Å². The molecule has 2 fully saturated rings. The lowest BCUT2D eigenvalue weighted by atomic mass is 10.0. The highest BCUT2D eigenvalue weighted by Crippen LogP contribution is 2.40. The number of nitrogens with one attached hydrogen (secondary N) is 2. The molecule has 0 bridgehead atoms. The molecule has 3 aromatic heterocycles. The van der Waals surface area contributed by atoms with Crippen molar-refractivity contribution in [2.75, 3.05) is 31.2 Å². The van der Waals surface area contributed by atoms with Crippen molar-refractivity contribution in [1.29, 1.82) is 5.26 Å². The molecule has 1 aliphatic heterocycles. The molecule has 0 aromatic carbocycles. The molecular formula is C27H32FN7O4S. The smallest absolute Gasteiger partial charge is 0.255 e. The average Bonchev–Trinajstić information content (AvgIpc) is 3.59. The number of sulfonamides is 1. The van der Waals surface area contributed by atoms with Crippen molar-refractivity contribution in [3.05, 3.63) is 47.8 Å². The lowest BCUT2D eigenvalue weighted by Crippen LogP contribution is -2.42. The monoisotopic (exact) mass is 569 g/mol. The SMILES string of the molecule is CC(C)(O)C(F)CNC(=O)c1cnc(-c2ccc3cc(C#N)cnn23)cc1NC1C[C@@H]2CN(S(C)(=O)=O)C[C@@H]2C1. The quantitative estimate of drug-likeness (QED) is 0.373. The van der Waals surface area contributed by atoms with Gasteiger partial charge in [0, 0.05) is 25.3 Å². The topological polar surface area (TPSA) is 153 Å². The molecule has 11 nitrogen and oxygen atoms in total. The molecule has 3 aromatic rings. The molecule has 1 amide bonds. The van der Waals surface area contributed by atoms with Gasteiger partial charge < -0.3 is 15.7 Å². The van der Waals surface area contributed by atoms with Gasteiger partial charge in [-0.3, -0.25) is 9.78 Å². The van der Waals surface area contributed by atoms with E-state index in [1.807, 2.05) is 12.1 Å². The van der Waals surface area contributed by atoms with E-state index in [0.717, 1.165) is 12.8 Å². The molecule has 4 atom stereocenters. The van der Waals surface area contributed by atoms with Crippen LogP contribution in [-0.2, 0) is 10.0 Å². The van der Waals surface area contributed by atoms with Gasteiger partial charge in [-0.1, -0.05) is 0 Å². The van der Waals surface area contributed by atoms with Crippen LogP contribution in [0.2, 0.25) is 0 Å². The molecule has 212 valence electrons. The van der Waals surface area contributed by atoms with Crippen molar-refractivity contribution in [3.63, 3.8) is 0 Å². The number of hydrogen-bond donors (Lipinski definition) is 3. The summed E-state index contributed by atoms with van der Waals surface area (Å²) in [6, 6.07) is 9.18. The molecule has 4 heterocycles. The summed E-state index contributed by atoms with van der Waals surface area (Å²) in [5.74, 6) is -0.0947. The highest BCUT2D eigenvalue weighted by molar-refractivity contribution is 7.88. The number of nitrogens with zero attached hydrogens (tertiary/aromatic N) is 5. The predicted octanol–water partition coefficient (Wildman–Crippen LogP) is 2.19. The van der Waals surface area contributed by atoms with Crippen LogP contribution in [0, 0.1) is 23.2 Å². The number of halogens is 1. The van der Waals surface area contributed by atoms with Gasteiger partial charge in [-0.05, 0) is 62.8 Å². The highest BCUT2D eigenvalue weighted by atomic mass is 32.2. The molecule has 3 N–H and O–H groups in total. The summed E-state index contributed by atoms with van der Waals surface area (Å²) >= 11 is 0. The van der Waals surface area contributed by atoms with Crippen LogP contribution in [0.4, 0.5) is 10.1 Å². The number of carbonyl (C=O) groups is 1. The minimum atomic E-state index is -3.24. The van der Waals surface area contributed by atoms with Crippen molar-refractivity contribution in [3.8, 4) is 17.5 Å². The number of alkyl halides is 1. The first-order chi connectivity index (χ1) is 18.8. The molecule has 1 saturated heterocycles. The summed E-state index contributed by atoms with van der Waals surface area (Å²) in [5.41, 5.74) is 1.47. The first-order valence-corrected chi connectivity index (χ1v) is 14.9. The number of carbonyl (C=O) groups excluding carboxylic acids is 1. The van der Waals surface area contributed by atoms with Crippen LogP contribution >= 0.6 is 0 Å². The van der Waals surface area contributed by atoms with Gasteiger partial charge in [0.2, 0.25) is 10.0 Å². The zero-order valence-electron chi connectivity index (χ0n) is 22.5. The maximum absolute atomic E-state index is 14.3. The standard InChI is InChI=1S/C27H32FN7O4S/c1-27(2,37)25(28)13-31-26(36)21-12-30-23(24-5-4-20-6-16(10-29)11-32-35(20)24)9-22(21)33-19-7-17-14-34(40(3,38)39)15-18(17)8-19/h4-6,9,11-12,17-19,25,37H,7-8,13-15H2,1-3H3,(H,30,33)(H,31,36)/t17-,18+,19?,25?. The molecule has 2 aliphatic rings. The molecule has 5 rings (SSSR count). The van der Waals surface area contributed by atoms with Crippen molar-refractivity contribution in [1.82, 2.24) is 24.2 Å². The zero-order valence-corrected chi connectivity index (χ0v) is 23.3. The highest BCUT2D eigenvalue weighted by Gasteiger charge is 2.43. The Hall–Kier alpha value is -3.60. The summed E-state index contributed by atoms with van der Waals surface area (Å²) in [5, 5.41) is 29.5. The van der Waals surface area contributed by atoms with E-state index in [0.29, 0.717) is 41.2 Å². The van der Waals surface area contributed by atoms with Gasteiger partial charge in [-0.25, -0.2) is 21.6 Å². The first-order valence-electron chi connectivity index (χ1n) is 13.1. The van der Waals surface area contributed by atoms with E-state index in [-0.39, 0.29) is 30.0 Å². The molecule has 1 saturated carbocycles. The molecule has 13 heteroatoms. The third-order valence-electron chi connectivity index (χ3n) is 7.80. The number of amides is 1. The lowest BCUT2D eigenvalue weighted by Gasteiger charge is -2.23. The van der Waals surface area contributed by atoms with E-state index in [9.17, 15) is 28.0 Å². The average molecular weight is 570 g/mol. The van der Waals surface area contributed by atoms with Crippen LogP contribution in [0.5, 0.6) is 0 Å². The van der Waals surface area contributed by atoms with Crippen molar-refractivity contribution in [2.24, 2.45) is 11.8 Å². The van der Waals surface area contributed by atoms with Gasteiger partial charge in [0.05, 0.1) is 58.3 Å². The summed E-state index contributed by atoms with van der Waals surface area (Å²) in [7, 11) is -3.24. The van der Waals surface area contributed by atoms with Crippen LogP contribution in [0.1, 0.15) is 42.6 Å². The number of rotatable bonds is 8. The summed E-state index contributed by atoms with van der Waals surface area (Å²) < 4.78 is 41.5. The van der Waals surface area contributed by atoms with E-state index in [2.05, 4.69) is 26.8 Å². The van der Waals surface area contributed by atoms with Crippen LogP contribution in [-0.4, -0.2) is 82.0 Å². The van der Waals surface area contributed by atoms with Crippen LogP contribution in [0.15, 0.2) is 36.7 Å². The number of hydrogen-bond acceptors (Lipinski definition) is 8. The van der Waals surface area contributed by atoms with Crippen LogP contribution in [0.3, 0.4) is 0 Å². The lowest BCUT2D eigenvalue weighted by molar-refractivity contribution is -0.00177. The second-order valence-corrected chi connectivity index (χ2v) is 13.3. The van der Waals surface area contributed by atoms with Gasteiger partial charge in [0.1, 0.15) is 12.2 Å². The molecule has 1 aliphatic carbocycles. The van der Waals surface area contributed by atoms with Crippen molar-refractivity contribution < 1.29 is 22.7 Å². The van der Waals surface area contributed by atoms with Gasteiger partial charge >= 0.3 is 0 Å². The number of aromatic nitrogens is 3. The molecule has 40 heavy (non-hydrogen) atoms. The maximum Gasteiger partial charge on any atom is 0.255 e. The number of anilines is 1. The van der Waals surface area contributed by atoms with E-state index >= 15 is 0 Å². The number of aliphatic hydroxyl groups is 1. The van der Waals surface area contributed by atoms with Gasteiger partial charge in [-0.15, -0.1) is 0 Å². The van der Waals surface area contributed by atoms with Crippen molar-refractivity contribution in [2.45, 2.75) is 44.5 Å². The third-order valence-corrected chi connectivity index (χ3v) is 9.03. The second-order valence-electron chi connectivity index (χ2n) is 11.3. The Bertz CT molecular complexity index is 1580. The summed E-state index contributed by atoms with van der Waals surface area (Å²) in [4.78, 5) is 17.6. The minimum absolute atomic E-state index is 0.00387. The third kappa shape index (κ3) is 5.65. The fraction of sp³-hybridized carbons (Fsp3) is 0.481. The molecule has 2 unspecified atom stereocenters. The van der Waals surface area contributed by atoms with E-state index in [4.69, 9.17) is 0 Å². The van der Waals surface area contributed by atoms with Crippen molar-refractivity contribution >= 4 is 27.1 Å². The van der Waals surface area contributed by atoms with E-state index < -0.39 is 27.7 Å².